The second-order valence-corrected chi connectivity index (χ2v) is 6.10. The SMILES string of the molecule is CC(CCCC(C)(C)O)c1cnc(C(N)=O)s1.Cl. The summed E-state index contributed by atoms with van der Waals surface area (Å²) in [5.41, 5.74) is 4.56. The van der Waals surface area contributed by atoms with Crippen LogP contribution in [0.3, 0.4) is 0 Å². The van der Waals surface area contributed by atoms with Gasteiger partial charge in [0.15, 0.2) is 5.01 Å². The number of aromatic nitrogens is 1. The lowest BCUT2D eigenvalue weighted by Crippen LogP contribution is -2.18. The topological polar surface area (TPSA) is 76.2 Å². The molecule has 0 aromatic carbocycles. The highest BCUT2D eigenvalue weighted by Crippen LogP contribution is 2.27. The Bertz CT molecular complexity index is 388. The molecule has 0 radical (unpaired) electrons. The molecule has 1 heterocycles. The Kier molecular flexibility index (Phi) is 6.81. The van der Waals surface area contributed by atoms with E-state index in [-0.39, 0.29) is 12.4 Å². The molecule has 1 unspecified atom stereocenters. The van der Waals surface area contributed by atoms with E-state index < -0.39 is 11.5 Å². The van der Waals surface area contributed by atoms with Crippen molar-refractivity contribution >= 4 is 29.7 Å². The van der Waals surface area contributed by atoms with Gasteiger partial charge in [-0.3, -0.25) is 4.79 Å². The minimum atomic E-state index is -0.605. The van der Waals surface area contributed by atoms with Crippen molar-refractivity contribution in [3.05, 3.63) is 16.1 Å². The summed E-state index contributed by atoms with van der Waals surface area (Å²) in [7, 11) is 0. The Balaban J connectivity index is 0.00000289. The van der Waals surface area contributed by atoms with E-state index in [4.69, 9.17) is 5.73 Å². The quantitative estimate of drug-likeness (QED) is 0.846. The normalized spacial score (nSPS) is 12.9. The third-order valence-corrected chi connectivity index (χ3v) is 3.89. The van der Waals surface area contributed by atoms with Crippen molar-refractivity contribution in [1.82, 2.24) is 4.98 Å². The number of nitrogens with zero attached hydrogens (tertiary/aromatic N) is 1. The number of aliphatic hydroxyl groups is 1. The zero-order valence-electron chi connectivity index (χ0n) is 11.0. The summed E-state index contributed by atoms with van der Waals surface area (Å²) in [5.74, 6) is -0.118. The lowest BCUT2D eigenvalue weighted by atomic mass is 9.96. The minimum Gasteiger partial charge on any atom is -0.390 e. The molecule has 6 heteroatoms. The number of hydrogen-bond donors (Lipinski definition) is 2. The average Bonchev–Trinajstić information content (AvgIpc) is 2.63. The summed E-state index contributed by atoms with van der Waals surface area (Å²) in [6.45, 7) is 5.73. The molecular weight excluding hydrogens is 272 g/mol. The van der Waals surface area contributed by atoms with Crippen LogP contribution in [-0.2, 0) is 0 Å². The molecule has 0 spiro atoms. The maximum absolute atomic E-state index is 10.9. The maximum Gasteiger partial charge on any atom is 0.277 e. The van der Waals surface area contributed by atoms with Crippen molar-refractivity contribution < 1.29 is 9.90 Å². The standard InChI is InChI=1S/C12H20N2O2S.ClH/c1-8(5-4-6-12(2,3)16)9-7-14-11(17-9)10(13)15;/h7-8,16H,4-6H2,1-3H3,(H2,13,15);1H. The molecule has 104 valence electrons. The van der Waals surface area contributed by atoms with Gasteiger partial charge in [-0.1, -0.05) is 6.92 Å². The highest BCUT2D eigenvalue weighted by molar-refractivity contribution is 7.13. The van der Waals surface area contributed by atoms with Crippen LogP contribution >= 0.6 is 23.7 Å². The Morgan fingerprint density at radius 2 is 2.22 bits per heavy atom. The van der Waals surface area contributed by atoms with E-state index in [1.165, 1.54) is 11.3 Å². The van der Waals surface area contributed by atoms with E-state index in [2.05, 4.69) is 11.9 Å². The van der Waals surface area contributed by atoms with Gasteiger partial charge in [0.1, 0.15) is 0 Å². The molecule has 1 atom stereocenters. The predicted molar refractivity (Wildman–Crippen MR) is 76.4 cm³/mol. The molecule has 0 saturated carbocycles. The number of carbonyl (C=O) groups is 1. The fourth-order valence-electron chi connectivity index (χ4n) is 1.61. The van der Waals surface area contributed by atoms with Gasteiger partial charge in [0.25, 0.3) is 5.91 Å². The van der Waals surface area contributed by atoms with Crippen LogP contribution in [0.1, 0.15) is 60.6 Å². The molecule has 0 aliphatic carbocycles. The van der Waals surface area contributed by atoms with Crippen LogP contribution in [0, 0.1) is 0 Å². The predicted octanol–water partition coefficient (Wildman–Crippen LogP) is 2.71. The number of nitrogens with two attached hydrogens (primary N) is 1. The molecule has 0 aliphatic rings. The number of halogens is 1. The third kappa shape index (κ3) is 5.80. The van der Waals surface area contributed by atoms with Crippen molar-refractivity contribution in [2.45, 2.75) is 51.6 Å². The molecular formula is C12H21ClN2O2S. The largest absolute Gasteiger partial charge is 0.390 e. The number of primary amides is 1. The van der Waals surface area contributed by atoms with Crippen molar-refractivity contribution in [1.29, 1.82) is 0 Å². The molecule has 1 aromatic heterocycles. The smallest absolute Gasteiger partial charge is 0.277 e. The lowest BCUT2D eigenvalue weighted by molar-refractivity contribution is 0.0678. The zero-order valence-corrected chi connectivity index (χ0v) is 12.6. The van der Waals surface area contributed by atoms with E-state index in [1.807, 2.05) is 13.8 Å². The van der Waals surface area contributed by atoms with Crippen molar-refractivity contribution in [2.75, 3.05) is 0 Å². The summed E-state index contributed by atoms with van der Waals surface area (Å²) < 4.78 is 0. The van der Waals surface area contributed by atoms with Gasteiger partial charge in [0.05, 0.1) is 5.60 Å². The van der Waals surface area contributed by atoms with E-state index in [1.54, 1.807) is 6.20 Å². The molecule has 1 aromatic rings. The molecule has 0 saturated heterocycles. The second-order valence-electron chi connectivity index (χ2n) is 5.04. The van der Waals surface area contributed by atoms with E-state index in [0.29, 0.717) is 10.9 Å². The van der Waals surface area contributed by atoms with Gasteiger partial charge in [-0.2, -0.15) is 0 Å². The van der Waals surface area contributed by atoms with Crippen molar-refractivity contribution in [3.63, 3.8) is 0 Å². The molecule has 3 N–H and O–H groups in total. The Morgan fingerprint density at radius 3 is 2.67 bits per heavy atom. The van der Waals surface area contributed by atoms with E-state index >= 15 is 0 Å². The number of carbonyl (C=O) groups excluding carboxylic acids is 1. The molecule has 0 bridgehead atoms. The van der Waals surface area contributed by atoms with Crippen molar-refractivity contribution in [2.24, 2.45) is 5.73 Å². The summed E-state index contributed by atoms with van der Waals surface area (Å²) >= 11 is 1.36. The molecule has 0 fully saturated rings. The van der Waals surface area contributed by atoms with E-state index in [0.717, 1.165) is 24.1 Å². The fourth-order valence-corrected chi connectivity index (χ4v) is 2.47. The molecule has 0 aliphatic heterocycles. The minimum absolute atomic E-state index is 0. The van der Waals surface area contributed by atoms with Crippen LogP contribution in [0.15, 0.2) is 6.20 Å². The Hall–Kier alpha value is -0.650. The Morgan fingerprint density at radius 1 is 1.61 bits per heavy atom. The van der Waals surface area contributed by atoms with Crippen LogP contribution < -0.4 is 5.73 Å². The highest BCUT2D eigenvalue weighted by Gasteiger charge is 2.15. The number of thiazole rings is 1. The van der Waals surface area contributed by atoms with Gasteiger partial charge in [-0.05, 0) is 39.0 Å². The summed E-state index contributed by atoms with van der Waals surface area (Å²) in [6.07, 6.45) is 4.43. The summed E-state index contributed by atoms with van der Waals surface area (Å²) in [5, 5.41) is 9.98. The molecule has 4 nitrogen and oxygen atoms in total. The van der Waals surface area contributed by atoms with Gasteiger partial charge in [-0.15, -0.1) is 23.7 Å². The molecule has 1 amide bonds. The maximum atomic E-state index is 10.9. The highest BCUT2D eigenvalue weighted by atomic mass is 35.5. The van der Waals surface area contributed by atoms with Gasteiger partial charge in [0, 0.05) is 11.1 Å². The number of hydrogen-bond acceptors (Lipinski definition) is 4. The van der Waals surface area contributed by atoms with Crippen LogP contribution in [0.4, 0.5) is 0 Å². The van der Waals surface area contributed by atoms with Crippen LogP contribution in [0.2, 0.25) is 0 Å². The van der Waals surface area contributed by atoms with Crippen molar-refractivity contribution in [3.8, 4) is 0 Å². The van der Waals surface area contributed by atoms with Gasteiger partial charge in [-0.25, -0.2) is 4.98 Å². The summed E-state index contributed by atoms with van der Waals surface area (Å²) in [4.78, 5) is 16.0. The molecule has 1 rings (SSSR count). The Labute approximate surface area is 118 Å². The number of amides is 1. The lowest BCUT2D eigenvalue weighted by Gasteiger charge is -2.17. The van der Waals surface area contributed by atoms with Gasteiger partial charge >= 0.3 is 0 Å². The average molecular weight is 293 g/mol. The van der Waals surface area contributed by atoms with E-state index in [9.17, 15) is 9.90 Å². The summed E-state index contributed by atoms with van der Waals surface area (Å²) in [6, 6.07) is 0. The first-order valence-electron chi connectivity index (χ1n) is 5.77. The monoisotopic (exact) mass is 292 g/mol. The van der Waals surface area contributed by atoms with Crippen LogP contribution in [0.25, 0.3) is 0 Å². The first-order valence-corrected chi connectivity index (χ1v) is 6.59. The molecule has 18 heavy (non-hydrogen) atoms. The van der Waals surface area contributed by atoms with Crippen LogP contribution in [-0.4, -0.2) is 21.6 Å². The fraction of sp³-hybridized carbons (Fsp3) is 0.667. The first kappa shape index (κ1) is 17.4. The first-order chi connectivity index (χ1) is 7.79. The zero-order chi connectivity index (χ0) is 13.1. The third-order valence-electron chi connectivity index (χ3n) is 2.65. The van der Waals surface area contributed by atoms with Gasteiger partial charge in [0.2, 0.25) is 0 Å². The van der Waals surface area contributed by atoms with Crippen LogP contribution in [0.5, 0.6) is 0 Å². The van der Waals surface area contributed by atoms with Gasteiger partial charge < -0.3 is 10.8 Å². The second kappa shape index (κ2) is 7.07. The number of rotatable bonds is 6.